The van der Waals surface area contributed by atoms with Crippen LogP contribution in [-0.4, -0.2) is 32.6 Å². The third kappa shape index (κ3) is 3.05. The van der Waals surface area contributed by atoms with Crippen molar-refractivity contribution in [3.8, 4) is 0 Å². The number of aromatic nitrogens is 4. The Morgan fingerprint density at radius 3 is 2.95 bits per heavy atom. The van der Waals surface area contributed by atoms with Gasteiger partial charge in [-0.1, -0.05) is 18.2 Å². The van der Waals surface area contributed by atoms with Crippen molar-refractivity contribution in [2.45, 2.75) is 12.8 Å². The highest BCUT2D eigenvalue weighted by atomic mass is 16.1. The van der Waals surface area contributed by atoms with Crippen LogP contribution in [0.1, 0.15) is 22.6 Å². The summed E-state index contributed by atoms with van der Waals surface area (Å²) in [6.07, 6.45) is 4.71. The lowest BCUT2D eigenvalue weighted by atomic mass is 10.1. The van der Waals surface area contributed by atoms with Gasteiger partial charge in [-0.2, -0.15) is 5.10 Å². The van der Waals surface area contributed by atoms with E-state index < -0.39 is 0 Å². The lowest BCUT2D eigenvalue weighted by Crippen LogP contribution is -2.25. The van der Waals surface area contributed by atoms with E-state index in [9.17, 15) is 4.79 Å². The van der Waals surface area contributed by atoms with E-state index in [4.69, 9.17) is 0 Å². The van der Waals surface area contributed by atoms with Crippen molar-refractivity contribution >= 4 is 16.8 Å². The smallest absolute Gasteiger partial charge is 0.252 e. The first-order chi connectivity index (χ1) is 10.3. The molecule has 2 aromatic heterocycles. The molecular formula is C15H15N5O. The minimum Gasteiger partial charge on any atom is -0.352 e. The molecule has 0 radical (unpaired) electrons. The monoisotopic (exact) mass is 281 g/mol. The number of nitrogens with zero attached hydrogens (tertiary/aromatic N) is 3. The Morgan fingerprint density at radius 2 is 2.10 bits per heavy atom. The number of para-hydroxylation sites is 1. The second-order valence-electron chi connectivity index (χ2n) is 4.67. The number of hydrogen-bond acceptors (Lipinski definition) is 4. The number of hydrogen-bond donors (Lipinski definition) is 2. The van der Waals surface area contributed by atoms with Crippen LogP contribution < -0.4 is 5.32 Å². The maximum Gasteiger partial charge on any atom is 0.252 e. The summed E-state index contributed by atoms with van der Waals surface area (Å²) < 4.78 is 0. The number of aryl methyl sites for hydroxylation is 1. The molecule has 6 nitrogen and oxygen atoms in total. The van der Waals surface area contributed by atoms with Gasteiger partial charge in [0.15, 0.2) is 0 Å². The Bertz CT molecular complexity index is 733. The second-order valence-corrected chi connectivity index (χ2v) is 4.67. The van der Waals surface area contributed by atoms with Gasteiger partial charge in [-0.25, -0.2) is 4.98 Å². The number of carbonyl (C=O) groups is 1. The summed E-state index contributed by atoms with van der Waals surface area (Å²) >= 11 is 0. The second kappa shape index (κ2) is 6.13. The number of carbonyl (C=O) groups excluding carboxylic acids is 1. The Morgan fingerprint density at radius 1 is 1.19 bits per heavy atom. The number of pyridine rings is 1. The van der Waals surface area contributed by atoms with Crippen molar-refractivity contribution in [3.63, 3.8) is 0 Å². The van der Waals surface area contributed by atoms with Crippen LogP contribution in [0.5, 0.6) is 0 Å². The van der Waals surface area contributed by atoms with Gasteiger partial charge in [0.2, 0.25) is 0 Å². The molecule has 1 aromatic carbocycles. The van der Waals surface area contributed by atoms with Gasteiger partial charge in [0.05, 0.1) is 11.1 Å². The van der Waals surface area contributed by atoms with Crippen LogP contribution in [0.2, 0.25) is 0 Å². The molecule has 2 heterocycles. The molecule has 0 spiro atoms. The normalized spacial score (nSPS) is 10.7. The zero-order valence-electron chi connectivity index (χ0n) is 11.4. The van der Waals surface area contributed by atoms with E-state index in [2.05, 4.69) is 25.5 Å². The van der Waals surface area contributed by atoms with Gasteiger partial charge in [0.1, 0.15) is 12.2 Å². The van der Waals surface area contributed by atoms with E-state index >= 15 is 0 Å². The highest BCUT2D eigenvalue weighted by Gasteiger charge is 2.09. The average molecular weight is 281 g/mol. The molecule has 0 atom stereocenters. The minimum atomic E-state index is -0.0776. The fourth-order valence-electron chi connectivity index (χ4n) is 2.20. The number of H-pyrrole nitrogens is 1. The first-order valence-corrected chi connectivity index (χ1v) is 6.81. The Kier molecular flexibility index (Phi) is 3.86. The predicted molar refractivity (Wildman–Crippen MR) is 78.8 cm³/mol. The molecule has 1 amide bonds. The van der Waals surface area contributed by atoms with Crippen molar-refractivity contribution in [3.05, 3.63) is 54.2 Å². The Hall–Kier alpha value is -2.76. The Labute approximate surface area is 121 Å². The fraction of sp³-hybridized carbons (Fsp3) is 0.200. The fourth-order valence-corrected chi connectivity index (χ4v) is 2.20. The van der Waals surface area contributed by atoms with Crippen LogP contribution in [0.15, 0.2) is 42.9 Å². The van der Waals surface area contributed by atoms with E-state index in [0.717, 1.165) is 29.6 Å². The Balaban J connectivity index is 1.62. The van der Waals surface area contributed by atoms with Crippen LogP contribution in [0, 0.1) is 0 Å². The van der Waals surface area contributed by atoms with Gasteiger partial charge in [-0.3, -0.25) is 14.9 Å². The van der Waals surface area contributed by atoms with Crippen LogP contribution >= 0.6 is 0 Å². The molecule has 2 N–H and O–H groups in total. The summed E-state index contributed by atoms with van der Waals surface area (Å²) in [4.78, 5) is 20.5. The number of nitrogens with one attached hydrogen (secondary N) is 2. The van der Waals surface area contributed by atoms with Crippen molar-refractivity contribution < 1.29 is 4.79 Å². The number of rotatable bonds is 5. The SMILES string of the molecule is O=C(NCCCc1ncn[nH]1)c1ccnc2ccccc12. The molecule has 106 valence electrons. The molecule has 0 unspecified atom stereocenters. The average Bonchev–Trinajstić information content (AvgIpc) is 3.04. The summed E-state index contributed by atoms with van der Waals surface area (Å²) in [5.41, 5.74) is 1.48. The number of aromatic amines is 1. The van der Waals surface area contributed by atoms with Crippen LogP contribution in [0.25, 0.3) is 10.9 Å². The van der Waals surface area contributed by atoms with Gasteiger partial charge in [0, 0.05) is 24.5 Å². The quantitative estimate of drug-likeness (QED) is 0.697. The lowest BCUT2D eigenvalue weighted by molar-refractivity contribution is 0.0954. The first-order valence-electron chi connectivity index (χ1n) is 6.81. The van der Waals surface area contributed by atoms with Crippen LogP contribution in [0.3, 0.4) is 0 Å². The number of amides is 1. The van der Waals surface area contributed by atoms with Crippen LogP contribution in [-0.2, 0) is 6.42 Å². The van der Waals surface area contributed by atoms with Crippen molar-refractivity contribution in [1.82, 2.24) is 25.5 Å². The summed E-state index contributed by atoms with van der Waals surface area (Å²) in [5.74, 6) is 0.754. The molecule has 0 aliphatic rings. The predicted octanol–water partition coefficient (Wildman–Crippen LogP) is 1.72. The largest absolute Gasteiger partial charge is 0.352 e. The molecule has 0 aliphatic heterocycles. The van der Waals surface area contributed by atoms with Crippen LogP contribution in [0.4, 0.5) is 0 Å². The third-order valence-electron chi connectivity index (χ3n) is 3.23. The van der Waals surface area contributed by atoms with Crippen molar-refractivity contribution in [2.75, 3.05) is 6.54 Å². The molecule has 0 bridgehead atoms. The van der Waals surface area contributed by atoms with E-state index in [0.29, 0.717) is 12.1 Å². The summed E-state index contributed by atoms with van der Waals surface area (Å²) in [6.45, 7) is 0.593. The summed E-state index contributed by atoms with van der Waals surface area (Å²) in [6, 6.07) is 9.37. The molecule has 0 saturated heterocycles. The number of benzene rings is 1. The highest BCUT2D eigenvalue weighted by Crippen LogP contribution is 2.15. The topological polar surface area (TPSA) is 83.6 Å². The van der Waals surface area contributed by atoms with E-state index in [1.54, 1.807) is 12.3 Å². The zero-order chi connectivity index (χ0) is 14.5. The van der Waals surface area contributed by atoms with Gasteiger partial charge in [0.25, 0.3) is 5.91 Å². The number of fused-ring (bicyclic) bond motifs is 1. The van der Waals surface area contributed by atoms with E-state index in [1.807, 2.05) is 24.3 Å². The molecule has 0 saturated carbocycles. The molecule has 3 aromatic rings. The van der Waals surface area contributed by atoms with Crippen molar-refractivity contribution in [2.24, 2.45) is 0 Å². The zero-order valence-corrected chi connectivity index (χ0v) is 11.4. The molecule has 21 heavy (non-hydrogen) atoms. The molecular weight excluding hydrogens is 266 g/mol. The van der Waals surface area contributed by atoms with Crippen molar-refractivity contribution in [1.29, 1.82) is 0 Å². The highest BCUT2D eigenvalue weighted by molar-refractivity contribution is 6.05. The maximum atomic E-state index is 12.2. The standard InChI is InChI=1S/C15H15N5O/c21-15(17-8-3-6-14-18-10-19-20-14)12-7-9-16-13-5-2-1-4-11(12)13/h1-2,4-5,7,9-10H,3,6,8H2,(H,17,21)(H,18,19,20). The maximum absolute atomic E-state index is 12.2. The first kappa shape index (κ1) is 13.2. The minimum absolute atomic E-state index is 0.0776. The van der Waals surface area contributed by atoms with Gasteiger partial charge in [-0.15, -0.1) is 0 Å². The molecule has 3 rings (SSSR count). The summed E-state index contributed by atoms with van der Waals surface area (Å²) in [7, 11) is 0. The molecule has 0 aliphatic carbocycles. The van der Waals surface area contributed by atoms with E-state index in [1.165, 1.54) is 6.33 Å². The van der Waals surface area contributed by atoms with Gasteiger partial charge in [-0.05, 0) is 18.6 Å². The van der Waals surface area contributed by atoms with Gasteiger partial charge < -0.3 is 5.32 Å². The van der Waals surface area contributed by atoms with Gasteiger partial charge >= 0.3 is 0 Å². The van der Waals surface area contributed by atoms with E-state index in [-0.39, 0.29) is 5.91 Å². The molecule has 0 fully saturated rings. The lowest BCUT2D eigenvalue weighted by Gasteiger charge is -2.07. The third-order valence-corrected chi connectivity index (χ3v) is 3.23. The summed E-state index contributed by atoms with van der Waals surface area (Å²) in [5, 5.41) is 10.4. The molecule has 6 heteroatoms.